The lowest BCUT2D eigenvalue weighted by molar-refractivity contribution is -0.145. The first-order valence-electron chi connectivity index (χ1n) is 14.1. The van der Waals surface area contributed by atoms with E-state index in [1.165, 1.54) is 0 Å². The van der Waals surface area contributed by atoms with Gasteiger partial charge in [-0.2, -0.15) is 0 Å². The number of likely N-dealkylation sites (tertiary alicyclic amines) is 1. The third-order valence-electron chi connectivity index (χ3n) is 8.96. The fourth-order valence-corrected chi connectivity index (χ4v) is 10.7. The Morgan fingerprint density at radius 2 is 1.83 bits per heavy atom. The summed E-state index contributed by atoms with van der Waals surface area (Å²) in [7, 11) is 1.73. The van der Waals surface area contributed by atoms with Gasteiger partial charge in [0.25, 0.3) is 5.91 Å². The zero-order valence-electron chi connectivity index (χ0n) is 23.8. The van der Waals surface area contributed by atoms with E-state index >= 15 is 0 Å². The molecule has 7 nitrogen and oxygen atoms in total. The second-order valence-electron chi connectivity index (χ2n) is 11.7. The van der Waals surface area contributed by atoms with Crippen LogP contribution in [-0.4, -0.2) is 86.3 Å². The van der Waals surface area contributed by atoms with Gasteiger partial charge in [0.15, 0.2) is 0 Å². The normalized spacial score (nSPS) is 29.1. The number of aliphatic hydroxyl groups is 1. The van der Waals surface area contributed by atoms with Crippen molar-refractivity contribution in [2.45, 2.75) is 47.2 Å². The molecule has 9 heteroatoms. The van der Waals surface area contributed by atoms with Gasteiger partial charge in [-0.05, 0) is 35.2 Å². The summed E-state index contributed by atoms with van der Waals surface area (Å²) in [6.07, 6.45) is 3.95. The maximum absolute atomic E-state index is 14.9. The van der Waals surface area contributed by atoms with Crippen LogP contribution < -0.4 is 4.90 Å². The van der Waals surface area contributed by atoms with Gasteiger partial charge in [-0.25, -0.2) is 0 Å². The predicted octanol–water partition coefficient (Wildman–Crippen LogP) is 4.48. The SMILES string of the molecule is C=CCN(C)C(=O)[C@H]1[C@H]2C(=O)N([C@@H](CO)C(C)C)C(C(=O)N(CC=C)c3ccc4ccccc4c3)C23CC(Br)[C@@H]1S3. The summed E-state index contributed by atoms with van der Waals surface area (Å²) >= 11 is 5.44. The highest BCUT2D eigenvalue weighted by Gasteiger charge is 2.76. The van der Waals surface area contributed by atoms with E-state index in [4.69, 9.17) is 0 Å². The molecule has 1 N–H and O–H groups in total. The Labute approximate surface area is 254 Å². The molecular weight excluding hydrogens is 602 g/mol. The van der Waals surface area contributed by atoms with Gasteiger partial charge in [0.2, 0.25) is 11.8 Å². The molecule has 41 heavy (non-hydrogen) atoms. The first kappa shape index (κ1) is 29.9. The topological polar surface area (TPSA) is 81.2 Å². The predicted molar refractivity (Wildman–Crippen MR) is 169 cm³/mol. The number of amides is 3. The zero-order chi connectivity index (χ0) is 29.6. The average molecular weight is 641 g/mol. The number of thioether (sulfide) groups is 1. The highest BCUT2D eigenvalue weighted by atomic mass is 79.9. The Kier molecular flexibility index (Phi) is 8.43. The summed E-state index contributed by atoms with van der Waals surface area (Å²) in [5.74, 6) is -1.86. The molecule has 2 aromatic carbocycles. The number of hydrogen-bond donors (Lipinski definition) is 1. The molecule has 3 saturated heterocycles. The van der Waals surface area contributed by atoms with Crippen LogP contribution in [0.1, 0.15) is 20.3 Å². The van der Waals surface area contributed by atoms with Crippen molar-refractivity contribution in [3.05, 3.63) is 67.8 Å². The van der Waals surface area contributed by atoms with Crippen LogP contribution in [0, 0.1) is 17.8 Å². The van der Waals surface area contributed by atoms with Gasteiger partial charge in [0.1, 0.15) is 6.04 Å². The van der Waals surface area contributed by atoms with Crippen LogP contribution in [0.2, 0.25) is 0 Å². The highest BCUT2D eigenvalue weighted by molar-refractivity contribution is 9.09. The molecule has 3 unspecified atom stereocenters. The standard InChI is InChI=1S/C32H38BrN3O4S/c1-6-14-34(5)29(38)25-26-30(39)36(24(18-37)19(3)4)28(32(26)17-23(33)27(25)41-32)31(40)35(15-7-2)22-13-12-20-10-8-9-11-21(20)16-22/h6-13,16,19,23-28,37H,1-2,14-15,17-18H2,3-5H3/t23?,24-,25-,26-,27-,28?,32?/m0/s1. The molecule has 2 aromatic rings. The number of rotatable bonds is 10. The maximum atomic E-state index is 14.9. The number of nitrogens with zero attached hydrogens (tertiary/aromatic N) is 3. The van der Waals surface area contributed by atoms with Gasteiger partial charge in [0, 0.05) is 35.9 Å². The van der Waals surface area contributed by atoms with Crippen molar-refractivity contribution in [2.24, 2.45) is 17.8 Å². The van der Waals surface area contributed by atoms with E-state index in [0.717, 1.165) is 16.5 Å². The largest absolute Gasteiger partial charge is 0.394 e. The van der Waals surface area contributed by atoms with E-state index in [1.54, 1.807) is 45.7 Å². The summed E-state index contributed by atoms with van der Waals surface area (Å²) in [6.45, 7) is 12.0. The summed E-state index contributed by atoms with van der Waals surface area (Å²) in [4.78, 5) is 48.1. The van der Waals surface area contributed by atoms with Crippen LogP contribution >= 0.6 is 27.7 Å². The van der Waals surface area contributed by atoms with Gasteiger partial charge in [-0.1, -0.05) is 72.3 Å². The molecule has 0 radical (unpaired) electrons. The molecular formula is C32H38BrN3O4S. The molecule has 5 rings (SSSR count). The summed E-state index contributed by atoms with van der Waals surface area (Å²) < 4.78 is -0.805. The first-order valence-corrected chi connectivity index (χ1v) is 15.9. The van der Waals surface area contributed by atoms with Crippen molar-refractivity contribution >= 4 is 61.9 Å². The van der Waals surface area contributed by atoms with Crippen molar-refractivity contribution < 1.29 is 19.5 Å². The summed E-state index contributed by atoms with van der Waals surface area (Å²) in [5.41, 5.74) is 0.720. The number of carbonyl (C=O) groups excluding carboxylic acids is 3. The quantitative estimate of drug-likeness (QED) is 0.306. The molecule has 7 atom stereocenters. The van der Waals surface area contributed by atoms with E-state index in [-0.39, 0.29) is 46.9 Å². The minimum atomic E-state index is -0.844. The van der Waals surface area contributed by atoms with Crippen molar-refractivity contribution in [1.29, 1.82) is 0 Å². The molecule has 3 amide bonds. The monoisotopic (exact) mass is 639 g/mol. The van der Waals surface area contributed by atoms with Crippen LogP contribution in [-0.2, 0) is 14.4 Å². The molecule has 1 spiro atoms. The Balaban J connectivity index is 1.64. The van der Waals surface area contributed by atoms with Crippen LogP contribution in [0.15, 0.2) is 67.8 Å². The van der Waals surface area contributed by atoms with Gasteiger partial charge in [-0.3, -0.25) is 14.4 Å². The smallest absolute Gasteiger partial charge is 0.251 e. The van der Waals surface area contributed by atoms with E-state index in [0.29, 0.717) is 13.0 Å². The number of benzene rings is 2. The molecule has 3 fully saturated rings. The third kappa shape index (κ3) is 4.74. The fraction of sp³-hybridized carbons (Fsp3) is 0.469. The fourth-order valence-electron chi connectivity index (χ4n) is 7.09. The lowest BCUT2D eigenvalue weighted by atomic mass is 9.70. The summed E-state index contributed by atoms with van der Waals surface area (Å²) in [5, 5.41) is 12.5. The highest BCUT2D eigenvalue weighted by Crippen LogP contribution is 2.68. The minimum absolute atomic E-state index is 0.0296. The molecule has 0 aliphatic carbocycles. The van der Waals surface area contributed by atoms with E-state index in [2.05, 4.69) is 29.1 Å². The second kappa shape index (κ2) is 11.6. The zero-order valence-corrected chi connectivity index (χ0v) is 26.2. The first-order chi connectivity index (χ1) is 19.6. The Bertz CT molecular complexity index is 1380. The second-order valence-corrected chi connectivity index (χ2v) is 14.4. The van der Waals surface area contributed by atoms with Crippen LogP contribution in [0.3, 0.4) is 0 Å². The number of fused-ring (bicyclic) bond motifs is 2. The number of anilines is 1. The molecule has 2 bridgehead atoms. The molecule has 3 heterocycles. The number of aliphatic hydroxyl groups excluding tert-OH is 1. The number of halogens is 1. The number of alkyl halides is 1. The third-order valence-corrected chi connectivity index (χ3v) is 12.2. The summed E-state index contributed by atoms with van der Waals surface area (Å²) in [6, 6.07) is 12.5. The number of carbonyl (C=O) groups is 3. The minimum Gasteiger partial charge on any atom is -0.394 e. The molecule has 3 aliphatic rings. The van der Waals surface area contributed by atoms with Gasteiger partial charge < -0.3 is 19.8 Å². The van der Waals surface area contributed by atoms with Crippen molar-refractivity contribution in [3.63, 3.8) is 0 Å². The van der Waals surface area contributed by atoms with Crippen molar-refractivity contribution in [1.82, 2.24) is 9.80 Å². The molecule has 3 aliphatic heterocycles. The van der Waals surface area contributed by atoms with E-state index in [1.807, 2.05) is 56.3 Å². The van der Waals surface area contributed by atoms with Gasteiger partial charge in [-0.15, -0.1) is 24.9 Å². The lowest BCUT2D eigenvalue weighted by Crippen LogP contribution is -2.59. The van der Waals surface area contributed by atoms with Gasteiger partial charge in [0.05, 0.1) is 29.2 Å². The molecule has 0 aromatic heterocycles. The van der Waals surface area contributed by atoms with Crippen LogP contribution in [0.5, 0.6) is 0 Å². The van der Waals surface area contributed by atoms with E-state index in [9.17, 15) is 19.5 Å². The number of hydrogen-bond acceptors (Lipinski definition) is 5. The maximum Gasteiger partial charge on any atom is 0.251 e. The Hall–Kier alpha value is -2.62. The average Bonchev–Trinajstić information content (AvgIpc) is 3.54. The Morgan fingerprint density at radius 1 is 1.15 bits per heavy atom. The molecule has 218 valence electrons. The lowest BCUT2D eigenvalue weighted by Gasteiger charge is -2.41. The Morgan fingerprint density at radius 3 is 2.46 bits per heavy atom. The number of likely N-dealkylation sites (N-methyl/N-ethyl adjacent to an activating group) is 1. The van der Waals surface area contributed by atoms with Crippen molar-refractivity contribution in [3.8, 4) is 0 Å². The molecule has 0 saturated carbocycles. The van der Waals surface area contributed by atoms with Crippen LogP contribution in [0.25, 0.3) is 10.8 Å². The van der Waals surface area contributed by atoms with Crippen LogP contribution in [0.4, 0.5) is 5.69 Å². The van der Waals surface area contributed by atoms with E-state index < -0.39 is 28.7 Å². The van der Waals surface area contributed by atoms with Crippen molar-refractivity contribution in [2.75, 3.05) is 31.6 Å². The van der Waals surface area contributed by atoms with Gasteiger partial charge >= 0.3 is 0 Å².